The van der Waals surface area contributed by atoms with Crippen molar-refractivity contribution < 1.29 is 55.1 Å². The maximum atomic E-state index is 11.1. The van der Waals surface area contributed by atoms with Gasteiger partial charge in [-0.15, -0.1) is 0 Å². The van der Waals surface area contributed by atoms with E-state index in [1.54, 1.807) is 0 Å². The van der Waals surface area contributed by atoms with Crippen molar-refractivity contribution in [3.63, 3.8) is 0 Å². The van der Waals surface area contributed by atoms with Gasteiger partial charge in [0.1, 0.15) is 0 Å². The first-order valence-electron chi connectivity index (χ1n) is 2.03. The molecule has 0 aromatic carbocycles. The molecular formula is C4H5BrF2O2Zn-. The van der Waals surface area contributed by atoms with Crippen LogP contribution in [0.1, 0.15) is 6.92 Å². The molecule has 0 heterocycles. The Morgan fingerprint density at radius 1 is 1.50 bits per heavy atom. The SMILES string of the molecule is CCOC([O])=C(F)F.[Br-].[Zn]. The van der Waals surface area contributed by atoms with Crippen LogP contribution in [0.2, 0.25) is 0 Å². The summed E-state index contributed by atoms with van der Waals surface area (Å²) < 4.78 is 26.0. The van der Waals surface area contributed by atoms with Crippen molar-refractivity contribution in [3.05, 3.63) is 12.0 Å². The van der Waals surface area contributed by atoms with Crippen LogP contribution in [-0.4, -0.2) is 6.61 Å². The van der Waals surface area contributed by atoms with E-state index in [1.165, 1.54) is 6.92 Å². The van der Waals surface area contributed by atoms with Crippen LogP contribution >= 0.6 is 0 Å². The van der Waals surface area contributed by atoms with Crippen LogP contribution in [0.5, 0.6) is 0 Å². The Hall–Kier alpha value is 0.303. The Kier molecular flexibility index (Phi) is 15.6. The third-order valence-electron chi connectivity index (χ3n) is 0.430. The zero-order chi connectivity index (χ0) is 6.57. The van der Waals surface area contributed by atoms with Gasteiger partial charge >= 0.3 is 12.0 Å². The Morgan fingerprint density at radius 3 is 2.00 bits per heavy atom. The topological polar surface area (TPSA) is 29.1 Å². The van der Waals surface area contributed by atoms with E-state index in [0.29, 0.717) is 0 Å². The smallest absolute Gasteiger partial charge is 0.397 e. The molecule has 0 bridgehead atoms. The molecule has 0 rings (SSSR count). The normalized spacial score (nSPS) is 6.70. The van der Waals surface area contributed by atoms with Crippen LogP contribution in [0.15, 0.2) is 12.0 Å². The number of hydrogen-bond acceptors (Lipinski definition) is 1. The van der Waals surface area contributed by atoms with Crippen molar-refractivity contribution in [2.45, 2.75) is 6.92 Å². The van der Waals surface area contributed by atoms with Gasteiger partial charge in [0.2, 0.25) is 0 Å². The molecule has 1 radical (unpaired) electrons. The van der Waals surface area contributed by atoms with E-state index in [1.807, 2.05) is 0 Å². The minimum atomic E-state index is -2.30. The van der Waals surface area contributed by atoms with E-state index in [0.717, 1.165) is 0 Å². The molecule has 2 nitrogen and oxygen atoms in total. The Bertz CT molecular complexity index is 105. The van der Waals surface area contributed by atoms with Gasteiger partial charge in [-0.1, -0.05) is 0 Å². The van der Waals surface area contributed by atoms with Gasteiger partial charge in [0.05, 0.1) is 6.61 Å². The third kappa shape index (κ3) is 8.30. The maximum absolute atomic E-state index is 11.1. The first kappa shape index (κ1) is 16.7. The summed E-state index contributed by atoms with van der Waals surface area (Å²) in [7, 11) is 0. The first-order chi connectivity index (χ1) is 3.68. The van der Waals surface area contributed by atoms with Crippen LogP contribution in [0.4, 0.5) is 8.78 Å². The van der Waals surface area contributed by atoms with Crippen LogP contribution in [0, 0.1) is 0 Å². The monoisotopic (exact) mass is 266 g/mol. The average molecular weight is 268 g/mol. The minimum absolute atomic E-state index is 0. The molecule has 0 aromatic heterocycles. The van der Waals surface area contributed by atoms with Crippen molar-refractivity contribution >= 4 is 0 Å². The van der Waals surface area contributed by atoms with Gasteiger partial charge in [0, 0.05) is 19.5 Å². The van der Waals surface area contributed by atoms with Gasteiger partial charge in [-0.3, -0.25) is 0 Å². The van der Waals surface area contributed by atoms with E-state index in [2.05, 4.69) is 4.74 Å². The van der Waals surface area contributed by atoms with Crippen LogP contribution in [0.3, 0.4) is 0 Å². The van der Waals surface area contributed by atoms with Gasteiger partial charge in [-0.2, -0.15) is 8.78 Å². The van der Waals surface area contributed by atoms with Crippen molar-refractivity contribution in [3.8, 4) is 0 Å². The first-order valence-corrected chi connectivity index (χ1v) is 2.03. The second-order valence-corrected chi connectivity index (χ2v) is 0.981. The van der Waals surface area contributed by atoms with Gasteiger partial charge in [0.15, 0.2) is 0 Å². The van der Waals surface area contributed by atoms with Gasteiger partial charge < -0.3 is 21.7 Å². The van der Waals surface area contributed by atoms with E-state index in [-0.39, 0.29) is 43.1 Å². The Labute approximate surface area is 80.8 Å². The fourth-order valence-corrected chi connectivity index (χ4v) is 0.186. The molecule has 0 saturated heterocycles. The molecule has 0 saturated carbocycles. The third-order valence-corrected chi connectivity index (χ3v) is 0.430. The quantitative estimate of drug-likeness (QED) is 0.444. The summed E-state index contributed by atoms with van der Waals surface area (Å²) in [5, 5.41) is 9.73. The molecule has 6 heteroatoms. The van der Waals surface area contributed by atoms with Crippen LogP contribution in [0.25, 0.3) is 0 Å². The number of rotatable bonds is 2. The van der Waals surface area contributed by atoms with E-state index < -0.39 is 12.0 Å². The van der Waals surface area contributed by atoms with Gasteiger partial charge in [0.25, 0.3) is 0 Å². The second-order valence-electron chi connectivity index (χ2n) is 0.981. The van der Waals surface area contributed by atoms with Crippen molar-refractivity contribution in [1.29, 1.82) is 0 Å². The fraction of sp³-hybridized carbons (Fsp3) is 0.500. The molecule has 0 N–H and O–H groups in total. The van der Waals surface area contributed by atoms with Crippen LogP contribution in [-0.2, 0) is 29.3 Å². The summed E-state index contributed by atoms with van der Waals surface area (Å²) in [6, 6.07) is 0. The molecule has 0 aliphatic heterocycles. The molecule has 0 amide bonds. The predicted octanol–water partition coefficient (Wildman–Crippen LogP) is -1.48. The summed E-state index contributed by atoms with van der Waals surface area (Å²) >= 11 is 0. The molecular weight excluding hydrogens is 263 g/mol. The molecule has 0 atom stereocenters. The minimum Gasteiger partial charge on any atom is -1.00 e. The van der Waals surface area contributed by atoms with Crippen molar-refractivity contribution in [1.82, 2.24) is 0 Å². The standard InChI is InChI=1S/C4H5F2O2.BrH.Zn/c1-2-8-4(7)3(5)6;;/h2H2,1H3;1H;/p-1. The maximum Gasteiger partial charge on any atom is 0.397 e. The predicted molar refractivity (Wildman–Crippen MR) is 21.6 cm³/mol. The summed E-state index contributed by atoms with van der Waals surface area (Å²) in [4.78, 5) is 0. The largest absolute Gasteiger partial charge is 1.00 e. The molecule has 10 heavy (non-hydrogen) atoms. The zero-order valence-electron chi connectivity index (χ0n) is 5.36. The number of halogens is 3. The summed E-state index contributed by atoms with van der Waals surface area (Å²) in [6.45, 7) is 1.44. The Balaban J connectivity index is -0.000000245. The molecule has 0 aliphatic rings. The van der Waals surface area contributed by atoms with Gasteiger partial charge in [-0.05, 0) is 6.92 Å². The van der Waals surface area contributed by atoms with Crippen molar-refractivity contribution in [2.24, 2.45) is 0 Å². The average Bonchev–Trinajstić information content (AvgIpc) is 1.67. The molecule has 0 fully saturated rings. The number of ether oxygens (including phenoxy) is 1. The van der Waals surface area contributed by atoms with E-state index in [4.69, 9.17) is 0 Å². The second kappa shape index (κ2) is 9.30. The summed E-state index contributed by atoms with van der Waals surface area (Å²) in [5.41, 5.74) is 0. The molecule has 57 valence electrons. The van der Waals surface area contributed by atoms with Crippen molar-refractivity contribution in [2.75, 3.05) is 6.61 Å². The Morgan fingerprint density at radius 2 is 1.90 bits per heavy atom. The van der Waals surface area contributed by atoms with Gasteiger partial charge in [-0.25, -0.2) is 5.11 Å². The zero-order valence-corrected chi connectivity index (χ0v) is 9.92. The summed E-state index contributed by atoms with van der Waals surface area (Å²) in [5.74, 6) is -1.53. The van der Waals surface area contributed by atoms with E-state index in [9.17, 15) is 13.9 Å². The fourth-order valence-electron chi connectivity index (χ4n) is 0.186. The molecule has 0 aromatic rings. The summed E-state index contributed by atoms with van der Waals surface area (Å²) in [6.07, 6.45) is -2.30. The van der Waals surface area contributed by atoms with E-state index >= 15 is 0 Å². The molecule has 0 spiro atoms. The molecule has 0 unspecified atom stereocenters. The van der Waals surface area contributed by atoms with Crippen LogP contribution < -0.4 is 17.0 Å². The number of hydrogen-bond donors (Lipinski definition) is 0. The molecule has 0 aliphatic carbocycles.